The van der Waals surface area contributed by atoms with E-state index in [-0.39, 0.29) is 12.5 Å². The Labute approximate surface area is 116 Å². The highest BCUT2D eigenvalue weighted by Gasteiger charge is 2.45. The number of amides is 4. The summed E-state index contributed by atoms with van der Waals surface area (Å²) in [6.07, 6.45) is 3.55. The van der Waals surface area contributed by atoms with Crippen LogP contribution in [-0.4, -0.2) is 41.9 Å². The van der Waals surface area contributed by atoms with Crippen LogP contribution < -0.4 is 5.32 Å². The summed E-state index contributed by atoms with van der Waals surface area (Å²) in [5.74, 6) is -2.69. The molecule has 1 heterocycles. The van der Waals surface area contributed by atoms with Crippen molar-refractivity contribution >= 4 is 23.8 Å². The molecule has 7 heteroatoms. The molecule has 7 nitrogen and oxygen atoms in total. The number of imide groups is 2. The Morgan fingerprint density at radius 2 is 1.95 bits per heavy atom. The number of carbonyl (C=O) groups excluding carboxylic acids is 4. The van der Waals surface area contributed by atoms with Crippen LogP contribution in [0.5, 0.6) is 0 Å². The van der Waals surface area contributed by atoms with Gasteiger partial charge >= 0.3 is 12.0 Å². The lowest BCUT2D eigenvalue weighted by Gasteiger charge is -2.32. The first-order valence-corrected chi connectivity index (χ1v) is 6.86. The highest BCUT2D eigenvalue weighted by molar-refractivity contribution is 6.17. The van der Waals surface area contributed by atoms with E-state index in [2.05, 4.69) is 5.32 Å². The van der Waals surface area contributed by atoms with Crippen LogP contribution in [0.25, 0.3) is 0 Å². The Kier molecular flexibility index (Phi) is 4.36. The largest absolute Gasteiger partial charge is 0.465 e. The first kappa shape index (κ1) is 14.5. The van der Waals surface area contributed by atoms with Crippen molar-refractivity contribution in [1.29, 1.82) is 0 Å². The molecule has 0 aromatic heterocycles. The Balaban J connectivity index is 2.11. The van der Waals surface area contributed by atoms with Crippen molar-refractivity contribution < 1.29 is 23.9 Å². The van der Waals surface area contributed by atoms with E-state index in [1.807, 2.05) is 0 Å². The average Bonchev–Trinajstić information content (AvgIpc) is 2.88. The molecule has 1 atom stereocenters. The van der Waals surface area contributed by atoms with Gasteiger partial charge < -0.3 is 4.74 Å². The predicted octanol–water partition coefficient (Wildman–Crippen LogP) is 0.434. The predicted molar refractivity (Wildman–Crippen MR) is 67.3 cm³/mol. The second kappa shape index (κ2) is 6.02. The van der Waals surface area contributed by atoms with Crippen molar-refractivity contribution in [2.45, 2.75) is 32.6 Å². The number of hydrogen-bond donors (Lipinski definition) is 1. The molecular weight excluding hydrogens is 264 g/mol. The number of hydrogen-bond acceptors (Lipinski definition) is 5. The lowest BCUT2D eigenvalue weighted by Crippen LogP contribution is -2.60. The fourth-order valence-corrected chi connectivity index (χ4v) is 2.82. The molecule has 1 N–H and O–H groups in total. The Morgan fingerprint density at radius 3 is 2.55 bits per heavy atom. The maximum Gasteiger partial charge on any atom is 0.331 e. The number of barbiturate groups is 1. The molecule has 2 rings (SSSR count). The monoisotopic (exact) mass is 282 g/mol. The van der Waals surface area contributed by atoms with Crippen molar-refractivity contribution in [2.75, 3.05) is 13.2 Å². The third kappa shape index (κ3) is 2.81. The zero-order valence-electron chi connectivity index (χ0n) is 11.4. The topological polar surface area (TPSA) is 92.8 Å². The fraction of sp³-hybridized carbons (Fsp3) is 0.692. The van der Waals surface area contributed by atoms with E-state index in [1.165, 1.54) is 0 Å². The number of ether oxygens (including phenoxy) is 1. The standard InChI is InChI=1S/C13H18N2O5/c1-2-20-9(16)7-15-12(18)10(8-5-3-4-6-8)11(17)14-13(15)19/h8,10H,2-7H2,1H3,(H,14,17,19). The molecule has 0 aromatic rings. The van der Waals surface area contributed by atoms with Crippen LogP contribution in [0, 0.1) is 11.8 Å². The zero-order valence-corrected chi connectivity index (χ0v) is 11.4. The third-order valence-corrected chi connectivity index (χ3v) is 3.75. The molecule has 0 radical (unpaired) electrons. The van der Waals surface area contributed by atoms with Crippen LogP contribution in [0.2, 0.25) is 0 Å². The highest BCUT2D eigenvalue weighted by Crippen LogP contribution is 2.33. The van der Waals surface area contributed by atoms with Crippen molar-refractivity contribution in [3.05, 3.63) is 0 Å². The van der Waals surface area contributed by atoms with Gasteiger partial charge in [0.25, 0.3) is 0 Å². The van der Waals surface area contributed by atoms with E-state index < -0.39 is 36.3 Å². The van der Waals surface area contributed by atoms with Gasteiger partial charge in [-0.3, -0.25) is 24.6 Å². The molecule has 0 bridgehead atoms. The number of carbonyl (C=O) groups is 4. The van der Waals surface area contributed by atoms with Gasteiger partial charge in [-0.25, -0.2) is 4.79 Å². The van der Waals surface area contributed by atoms with Gasteiger partial charge in [0.1, 0.15) is 12.5 Å². The lowest BCUT2D eigenvalue weighted by atomic mass is 9.87. The number of nitrogens with one attached hydrogen (secondary N) is 1. The molecule has 0 spiro atoms. The minimum absolute atomic E-state index is 0.0414. The molecule has 0 aromatic carbocycles. The molecule has 4 amide bonds. The first-order valence-electron chi connectivity index (χ1n) is 6.86. The number of esters is 1. The summed E-state index contributed by atoms with van der Waals surface area (Å²) >= 11 is 0. The molecule has 20 heavy (non-hydrogen) atoms. The van der Waals surface area contributed by atoms with E-state index in [0.717, 1.165) is 30.6 Å². The van der Waals surface area contributed by atoms with Crippen molar-refractivity contribution in [3.8, 4) is 0 Å². The smallest absolute Gasteiger partial charge is 0.331 e. The Hall–Kier alpha value is -1.92. The van der Waals surface area contributed by atoms with Gasteiger partial charge in [-0.15, -0.1) is 0 Å². The summed E-state index contributed by atoms with van der Waals surface area (Å²) in [5, 5.41) is 2.15. The van der Waals surface area contributed by atoms with Gasteiger partial charge in [0.05, 0.1) is 6.61 Å². The van der Waals surface area contributed by atoms with E-state index in [9.17, 15) is 19.2 Å². The summed E-state index contributed by atoms with van der Waals surface area (Å²) in [6.45, 7) is 1.36. The fourth-order valence-electron chi connectivity index (χ4n) is 2.82. The van der Waals surface area contributed by atoms with Gasteiger partial charge in [0.15, 0.2) is 0 Å². The van der Waals surface area contributed by atoms with Crippen molar-refractivity contribution in [2.24, 2.45) is 11.8 Å². The summed E-state index contributed by atoms with van der Waals surface area (Å²) in [6, 6.07) is -0.845. The van der Waals surface area contributed by atoms with Crippen molar-refractivity contribution in [3.63, 3.8) is 0 Å². The third-order valence-electron chi connectivity index (χ3n) is 3.75. The van der Waals surface area contributed by atoms with Crippen LogP contribution in [0.15, 0.2) is 0 Å². The van der Waals surface area contributed by atoms with E-state index in [0.29, 0.717) is 0 Å². The molecular formula is C13H18N2O5. The van der Waals surface area contributed by atoms with Gasteiger partial charge in [-0.1, -0.05) is 12.8 Å². The maximum absolute atomic E-state index is 12.3. The summed E-state index contributed by atoms with van der Waals surface area (Å²) in [7, 11) is 0. The number of rotatable bonds is 4. The molecule has 110 valence electrons. The quantitative estimate of drug-likeness (QED) is 0.596. The average molecular weight is 282 g/mol. The normalized spacial score (nSPS) is 23.9. The Bertz CT molecular complexity index is 442. The van der Waals surface area contributed by atoms with Crippen molar-refractivity contribution in [1.82, 2.24) is 10.2 Å². The second-order valence-corrected chi connectivity index (χ2v) is 5.05. The van der Waals surface area contributed by atoms with E-state index in [1.54, 1.807) is 6.92 Å². The van der Waals surface area contributed by atoms with Crippen LogP contribution in [0.3, 0.4) is 0 Å². The number of urea groups is 1. The number of nitrogens with zero attached hydrogens (tertiary/aromatic N) is 1. The lowest BCUT2D eigenvalue weighted by molar-refractivity contribution is -0.152. The van der Waals surface area contributed by atoms with Gasteiger partial charge in [0, 0.05) is 0 Å². The maximum atomic E-state index is 12.3. The second-order valence-electron chi connectivity index (χ2n) is 5.05. The van der Waals surface area contributed by atoms with Gasteiger partial charge in [-0.05, 0) is 25.7 Å². The van der Waals surface area contributed by atoms with Gasteiger partial charge in [-0.2, -0.15) is 0 Å². The molecule has 2 fully saturated rings. The first-order chi connectivity index (χ1) is 9.54. The van der Waals surface area contributed by atoms with E-state index in [4.69, 9.17) is 4.74 Å². The molecule has 2 aliphatic rings. The highest BCUT2D eigenvalue weighted by atomic mass is 16.5. The summed E-state index contributed by atoms with van der Waals surface area (Å²) in [5.41, 5.74) is 0. The van der Waals surface area contributed by atoms with Gasteiger partial charge in [0.2, 0.25) is 11.8 Å². The van der Waals surface area contributed by atoms with Crippen LogP contribution in [0.4, 0.5) is 4.79 Å². The van der Waals surface area contributed by atoms with Crippen LogP contribution >= 0.6 is 0 Å². The van der Waals surface area contributed by atoms with Crippen LogP contribution in [0.1, 0.15) is 32.6 Å². The molecule has 1 unspecified atom stereocenters. The van der Waals surface area contributed by atoms with E-state index >= 15 is 0 Å². The SMILES string of the molecule is CCOC(=O)CN1C(=O)NC(=O)C(C2CCCC2)C1=O. The zero-order chi connectivity index (χ0) is 14.7. The minimum atomic E-state index is -0.857. The molecule has 1 saturated carbocycles. The minimum Gasteiger partial charge on any atom is -0.465 e. The Morgan fingerprint density at radius 1 is 1.30 bits per heavy atom. The summed E-state index contributed by atoms with van der Waals surface area (Å²) < 4.78 is 4.73. The molecule has 1 aliphatic heterocycles. The summed E-state index contributed by atoms with van der Waals surface area (Å²) in [4.78, 5) is 48.1. The molecule has 1 aliphatic carbocycles. The molecule has 1 saturated heterocycles. The van der Waals surface area contributed by atoms with Crippen LogP contribution in [-0.2, 0) is 19.1 Å².